The molecule has 2 heterocycles. The van der Waals surface area contributed by atoms with Gasteiger partial charge >= 0.3 is 0 Å². The second-order valence-corrected chi connectivity index (χ2v) is 11.2. The van der Waals surface area contributed by atoms with Gasteiger partial charge in [0.1, 0.15) is 11.5 Å². The van der Waals surface area contributed by atoms with Crippen molar-refractivity contribution in [2.45, 2.75) is 36.3 Å². The average molecular weight is 487 g/mol. The van der Waals surface area contributed by atoms with Crippen molar-refractivity contribution in [2.75, 3.05) is 44.9 Å². The molecule has 0 aliphatic carbocycles. The zero-order valence-electron chi connectivity index (χ0n) is 19.3. The Morgan fingerprint density at radius 2 is 1.76 bits per heavy atom. The fourth-order valence-corrected chi connectivity index (χ4v) is 7.31. The van der Waals surface area contributed by atoms with Crippen LogP contribution >= 0.6 is 23.5 Å². The topological polar surface area (TPSA) is 50.8 Å². The van der Waals surface area contributed by atoms with E-state index in [2.05, 4.69) is 28.4 Å². The molecule has 4 rings (SSSR count). The first kappa shape index (κ1) is 24.3. The number of benzene rings is 2. The van der Waals surface area contributed by atoms with Crippen LogP contribution in [0.1, 0.15) is 47.4 Å². The molecule has 2 aliphatic rings. The molecule has 2 fully saturated rings. The molecular weight excluding hydrogens is 452 g/mol. The maximum absolute atomic E-state index is 12.6. The van der Waals surface area contributed by atoms with Crippen molar-refractivity contribution in [3.8, 4) is 11.5 Å². The summed E-state index contributed by atoms with van der Waals surface area (Å²) in [7, 11) is 1.70. The van der Waals surface area contributed by atoms with E-state index in [0.29, 0.717) is 11.1 Å². The molecule has 0 aromatic heterocycles. The van der Waals surface area contributed by atoms with Crippen LogP contribution in [0.4, 0.5) is 0 Å². The Kier molecular flexibility index (Phi) is 9.26. The Balaban J connectivity index is 1.31. The summed E-state index contributed by atoms with van der Waals surface area (Å²) in [6, 6.07) is 16.4. The van der Waals surface area contributed by atoms with E-state index in [1.807, 2.05) is 53.9 Å². The zero-order chi connectivity index (χ0) is 22.9. The SMILES string of the molecule is COc1ccccc1C(CNC(=O)COc1ccc(C2SCCCS2)cc1)N1CCCCC1. The number of nitrogens with zero attached hydrogens (tertiary/aromatic N) is 1. The fraction of sp³-hybridized carbons (Fsp3) is 0.500. The Morgan fingerprint density at radius 3 is 2.48 bits per heavy atom. The number of thioether (sulfide) groups is 2. The number of carbonyl (C=O) groups is 1. The van der Waals surface area contributed by atoms with Crippen LogP contribution in [0.15, 0.2) is 48.5 Å². The van der Waals surface area contributed by atoms with Gasteiger partial charge in [-0.25, -0.2) is 0 Å². The molecule has 0 saturated carbocycles. The van der Waals surface area contributed by atoms with E-state index >= 15 is 0 Å². The summed E-state index contributed by atoms with van der Waals surface area (Å²) in [4.78, 5) is 15.1. The predicted molar refractivity (Wildman–Crippen MR) is 138 cm³/mol. The van der Waals surface area contributed by atoms with E-state index in [-0.39, 0.29) is 18.6 Å². The van der Waals surface area contributed by atoms with Crippen LogP contribution in [0, 0.1) is 0 Å². The lowest BCUT2D eigenvalue weighted by Gasteiger charge is -2.35. The Labute approximate surface area is 206 Å². The molecule has 0 radical (unpaired) electrons. The molecule has 2 saturated heterocycles. The Bertz CT molecular complexity index is 881. The molecule has 33 heavy (non-hydrogen) atoms. The standard InChI is InChI=1S/C26H34N2O3S2/c1-30-24-9-4-3-8-22(24)23(28-14-5-2-6-15-28)18-27-25(29)19-31-21-12-10-20(11-13-21)26-32-16-7-17-33-26/h3-4,8-13,23,26H,2,5-7,14-19H2,1H3,(H,27,29). The number of ether oxygens (including phenoxy) is 2. The molecule has 2 aromatic carbocycles. The fourth-order valence-electron chi connectivity index (χ4n) is 4.42. The molecule has 1 atom stereocenters. The quantitative estimate of drug-likeness (QED) is 0.520. The maximum Gasteiger partial charge on any atom is 0.258 e. The first-order valence-electron chi connectivity index (χ1n) is 11.8. The highest BCUT2D eigenvalue weighted by Crippen LogP contribution is 2.43. The van der Waals surface area contributed by atoms with E-state index in [1.165, 1.54) is 42.8 Å². The molecule has 0 spiro atoms. The van der Waals surface area contributed by atoms with Gasteiger partial charge in [-0.1, -0.05) is 36.8 Å². The number of para-hydroxylation sites is 1. The number of piperidine rings is 1. The molecule has 5 nitrogen and oxygen atoms in total. The van der Waals surface area contributed by atoms with Crippen LogP contribution in [-0.2, 0) is 4.79 Å². The van der Waals surface area contributed by atoms with Crippen molar-refractivity contribution >= 4 is 29.4 Å². The van der Waals surface area contributed by atoms with E-state index < -0.39 is 0 Å². The number of hydrogen-bond donors (Lipinski definition) is 1. The van der Waals surface area contributed by atoms with Gasteiger partial charge in [-0.3, -0.25) is 9.69 Å². The molecule has 178 valence electrons. The van der Waals surface area contributed by atoms with Gasteiger partial charge in [0, 0.05) is 12.1 Å². The predicted octanol–water partition coefficient (Wildman–Crippen LogP) is 5.29. The molecule has 1 unspecified atom stereocenters. The third kappa shape index (κ3) is 6.84. The van der Waals surface area contributed by atoms with Crippen LogP contribution in [0.3, 0.4) is 0 Å². The Morgan fingerprint density at radius 1 is 1.03 bits per heavy atom. The Hall–Kier alpha value is -1.83. The highest BCUT2D eigenvalue weighted by atomic mass is 32.2. The number of methoxy groups -OCH3 is 1. The molecule has 1 N–H and O–H groups in total. The summed E-state index contributed by atoms with van der Waals surface area (Å²) < 4.78 is 11.9. The summed E-state index contributed by atoms with van der Waals surface area (Å²) in [5.74, 6) is 3.95. The number of likely N-dealkylation sites (tertiary alicyclic amines) is 1. The smallest absolute Gasteiger partial charge is 0.258 e. The molecule has 0 bridgehead atoms. The lowest BCUT2D eigenvalue weighted by molar-refractivity contribution is -0.123. The first-order chi connectivity index (χ1) is 16.2. The lowest BCUT2D eigenvalue weighted by Crippen LogP contribution is -2.41. The van der Waals surface area contributed by atoms with E-state index in [0.717, 1.165) is 30.2 Å². The van der Waals surface area contributed by atoms with Gasteiger partial charge in [-0.15, -0.1) is 23.5 Å². The average Bonchev–Trinajstić information content (AvgIpc) is 2.89. The molecule has 1 amide bonds. The third-order valence-electron chi connectivity index (χ3n) is 6.17. The van der Waals surface area contributed by atoms with Crippen molar-refractivity contribution in [1.29, 1.82) is 0 Å². The second kappa shape index (κ2) is 12.6. The normalized spacial score (nSPS) is 18.5. The summed E-state index contributed by atoms with van der Waals surface area (Å²) >= 11 is 4.01. The van der Waals surface area contributed by atoms with Crippen molar-refractivity contribution in [3.05, 3.63) is 59.7 Å². The number of amides is 1. The van der Waals surface area contributed by atoms with Crippen molar-refractivity contribution in [3.63, 3.8) is 0 Å². The van der Waals surface area contributed by atoms with Gasteiger partial charge in [0.25, 0.3) is 5.91 Å². The van der Waals surface area contributed by atoms with Crippen LogP contribution in [0.5, 0.6) is 11.5 Å². The first-order valence-corrected chi connectivity index (χ1v) is 13.9. The summed E-state index contributed by atoms with van der Waals surface area (Å²) in [5, 5.41) is 3.10. The number of hydrogen-bond acceptors (Lipinski definition) is 6. The van der Waals surface area contributed by atoms with E-state index in [4.69, 9.17) is 9.47 Å². The monoisotopic (exact) mass is 486 g/mol. The van der Waals surface area contributed by atoms with Crippen LogP contribution in [0.25, 0.3) is 0 Å². The number of rotatable bonds is 9. The highest BCUT2D eigenvalue weighted by Gasteiger charge is 2.25. The van der Waals surface area contributed by atoms with Gasteiger partial charge in [0.15, 0.2) is 6.61 Å². The van der Waals surface area contributed by atoms with Gasteiger partial charge in [-0.05, 0) is 67.6 Å². The van der Waals surface area contributed by atoms with Gasteiger partial charge < -0.3 is 14.8 Å². The number of carbonyl (C=O) groups excluding carboxylic acids is 1. The highest BCUT2D eigenvalue weighted by molar-refractivity contribution is 8.16. The molecular formula is C26H34N2O3S2. The minimum Gasteiger partial charge on any atom is -0.496 e. The van der Waals surface area contributed by atoms with Crippen molar-refractivity contribution in [2.24, 2.45) is 0 Å². The van der Waals surface area contributed by atoms with Gasteiger partial charge in [0.05, 0.1) is 17.7 Å². The summed E-state index contributed by atoms with van der Waals surface area (Å²) in [5.41, 5.74) is 2.44. The van der Waals surface area contributed by atoms with Crippen molar-refractivity contribution < 1.29 is 14.3 Å². The zero-order valence-corrected chi connectivity index (χ0v) is 21.0. The second-order valence-electron chi connectivity index (χ2n) is 8.44. The number of nitrogens with one attached hydrogen (secondary N) is 1. The van der Waals surface area contributed by atoms with Crippen LogP contribution < -0.4 is 14.8 Å². The van der Waals surface area contributed by atoms with Gasteiger partial charge in [-0.2, -0.15) is 0 Å². The van der Waals surface area contributed by atoms with E-state index in [9.17, 15) is 4.79 Å². The maximum atomic E-state index is 12.6. The van der Waals surface area contributed by atoms with E-state index in [1.54, 1.807) is 7.11 Å². The minimum absolute atomic E-state index is 0.0188. The molecule has 2 aliphatic heterocycles. The summed E-state index contributed by atoms with van der Waals surface area (Å²) in [6.45, 7) is 2.64. The van der Waals surface area contributed by atoms with Gasteiger partial charge in [0.2, 0.25) is 0 Å². The largest absolute Gasteiger partial charge is 0.496 e. The lowest BCUT2D eigenvalue weighted by atomic mass is 10.0. The summed E-state index contributed by atoms with van der Waals surface area (Å²) in [6.07, 6.45) is 4.94. The van der Waals surface area contributed by atoms with Crippen LogP contribution in [0.2, 0.25) is 0 Å². The molecule has 2 aromatic rings. The van der Waals surface area contributed by atoms with Crippen LogP contribution in [-0.4, -0.2) is 55.7 Å². The van der Waals surface area contributed by atoms with Crippen molar-refractivity contribution in [1.82, 2.24) is 10.2 Å². The minimum atomic E-state index is -0.102. The third-order valence-corrected chi connectivity index (χ3v) is 9.19. The molecule has 7 heteroatoms.